The zero-order valence-corrected chi connectivity index (χ0v) is 47.0. The second kappa shape index (κ2) is 59.4. The molecule has 410 valence electrons. The van der Waals surface area contributed by atoms with Crippen molar-refractivity contribution in [3.8, 4) is 0 Å². The molecule has 6 nitrogen and oxygen atoms in total. The van der Waals surface area contributed by atoms with Crippen molar-refractivity contribution in [2.75, 3.05) is 13.2 Å². The van der Waals surface area contributed by atoms with Gasteiger partial charge in [-0.15, -0.1) is 0 Å². The first-order valence-corrected chi connectivity index (χ1v) is 30.4. The third-order valence-electron chi connectivity index (χ3n) is 13.2. The molecule has 0 aromatic carbocycles. The van der Waals surface area contributed by atoms with E-state index in [9.17, 15) is 14.4 Å². The maximum Gasteiger partial charge on any atom is 0.306 e. The Bertz CT molecular complexity index is 1320. The highest BCUT2D eigenvalue weighted by atomic mass is 16.6. The Hall–Kier alpha value is -3.15. The summed E-state index contributed by atoms with van der Waals surface area (Å²) in [7, 11) is 0. The maximum absolute atomic E-state index is 12.9. The van der Waals surface area contributed by atoms with Gasteiger partial charge in [0.2, 0.25) is 0 Å². The van der Waals surface area contributed by atoms with Gasteiger partial charge in [-0.25, -0.2) is 0 Å². The van der Waals surface area contributed by atoms with Crippen LogP contribution in [0.2, 0.25) is 0 Å². The van der Waals surface area contributed by atoms with E-state index in [1.165, 1.54) is 167 Å². The number of esters is 3. The van der Waals surface area contributed by atoms with Crippen LogP contribution >= 0.6 is 0 Å². The van der Waals surface area contributed by atoms with Crippen LogP contribution in [-0.4, -0.2) is 37.2 Å². The third kappa shape index (κ3) is 57.6. The van der Waals surface area contributed by atoms with E-state index in [-0.39, 0.29) is 31.1 Å². The summed E-state index contributed by atoms with van der Waals surface area (Å²) < 4.78 is 16.9. The van der Waals surface area contributed by atoms with Crippen LogP contribution in [-0.2, 0) is 28.6 Å². The minimum absolute atomic E-state index is 0.0847. The molecule has 0 saturated heterocycles. The van der Waals surface area contributed by atoms with Gasteiger partial charge in [0.1, 0.15) is 13.2 Å². The number of allylic oxidation sites excluding steroid dienone is 12. The fourth-order valence-corrected chi connectivity index (χ4v) is 8.53. The van der Waals surface area contributed by atoms with Crippen molar-refractivity contribution >= 4 is 17.9 Å². The van der Waals surface area contributed by atoms with E-state index in [4.69, 9.17) is 14.2 Å². The van der Waals surface area contributed by atoms with Gasteiger partial charge >= 0.3 is 17.9 Å². The number of rotatable bonds is 55. The Morgan fingerprint density at radius 1 is 0.282 bits per heavy atom. The van der Waals surface area contributed by atoms with Crippen LogP contribution in [0, 0.1) is 0 Å². The summed E-state index contributed by atoms with van der Waals surface area (Å²) in [6.45, 7) is 6.59. The lowest BCUT2D eigenvalue weighted by molar-refractivity contribution is -0.167. The van der Waals surface area contributed by atoms with E-state index in [2.05, 4.69) is 93.7 Å². The molecule has 71 heavy (non-hydrogen) atoms. The fourth-order valence-electron chi connectivity index (χ4n) is 8.53. The Morgan fingerprint density at radius 3 is 0.803 bits per heavy atom. The summed E-state index contributed by atoms with van der Waals surface area (Å²) in [6.07, 6.45) is 76.0. The molecule has 1 unspecified atom stereocenters. The first-order chi connectivity index (χ1) is 35.0. The number of ether oxygens (including phenoxy) is 3. The molecule has 0 fully saturated rings. The van der Waals surface area contributed by atoms with E-state index >= 15 is 0 Å². The molecule has 0 rings (SSSR count). The molecule has 0 aliphatic carbocycles. The standard InChI is InChI=1S/C65H114O6/c1-4-7-10-13-16-19-22-25-28-31-33-35-37-40-43-46-49-52-55-58-64(67)70-61-62(60-69-63(66)57-54-51-48-45-42-39-36-30-27-24-21-18-15-12-9-6-3)71-65(68)59-56-53-50-47-44-41-38-34-32-29-26-23-20-17-14-11-8-5-2/h16,19-21,23-25,28-30,32,36,62H,4-15,17-18,22,26-27,31,33-35,37-61H2,1-3H3/b19-16-,23-20-,24-21-,28-25-,32-29-,36-30-. The second-order valence-electron chi connectivity index (χ2n) is 20.2. The quantitative estimate of drug-likeness (QED) is 0.0261. The molecule has 0 bridgehead atoms. The summed E-state index contributed by atoms with van der Waals surface area (Å²) in [6, 6.07) is 0. The molecule has 0 aliphatic heterocycles. The summed E-state index contributed by atoms with van der Waals surface area (Å²) in [5.41, 5.74) is 0. The third-order valence-corrected chi connectivity index (χ3v) is 13.2. The van der Waals surface area contributed by atoms with Crippen LogP contribution in [0.1, 0.15) is 303 Å². The van der Waals surface area contributed by atoms with Crippen LogP contribution in [0.3, 0.4) is 0 Å². The van der Waals surface area contributed by atoms with Gasteiger partial charge in [-0.1, -0.05) is 241 Å². The van der Waals surface area contributed by atoms with Crippen molar-refractivity contribution < 1.29 is 28.6 Å². The SMILES string of the molecule is CCCCC/C=C\C/C=C\CCCCCCCCCCCC(=O)OCC(COC(=O)CCCCCCC/C=C\C/C=C\CCCCCC)OC(=O)CCCCCCCCC/C=C\C/C=C\CCCCCC. The smallest absolute Gasteiger partial charge is 0.306 e. The van der Waals surface area contributed by atoms with Crippen molar-refractivity contribution in [2.24, 2.45) is 0 Å². The van der Waals surface area contributed by atoms with Crippen LogP contribution < -0.4 is 0 Å². The van der Waals surface area contributed by atoms with Gasteiger partial charge < -0.3 is 14.2 Å². The van der Waals surface area contributed by atoms with Gasteiger partial charge in [0, 0.05) is 19.3 Å². The molecule has 0 radical (unpaired) electrons. The Balaban J connectivity index is 4.41. The number of carbonyl (C=O) groups is 3. The zero-order chi connectivity index (χ0) is 51.4. The first kappa shape index (κ1) is 67.8. The average Bonchev–Trinajstić information content (AvgIpc) is 3.37. The number of carbonyl (C=O) groups excluding carboxylic acids is 3. The van der Waals surface area contributed by atoms with Gasteiger partial charge in [-0.2, -0.15) is 0 Å². The highest BCUT2D eigenvalue weighted by molar-refractivity contribution is 5.71. The fraction of sp³-hybridized carbons (Fsp3) is 0.769. The summed E-state index contributed by atoms with van der Waals surface area (Å²) in [5.74, 6) is -0.899. The molecule has 0 aromatic heterocycles. The monoisotopic (exact) mass is 991 g/mol. The highest BCUT2D eigenvalue weighted by Gasteiger charge is 2.19. The predicted octanol–water partition coefficient (Wildman–Crippen LogP) is 20.5. The molecule has 0 spiro atoms. The van der Waals surface area contributed by atoms with E-state index in [1.807, 2.05) is 0 Å². The highest BCUT2D eigenvalue weighted by Crippen LogP contribution is 2.15. The van der Waals surface area contributed by atoms with Crippen molar-refractivity contribution in [1.82, 2.24) is 0 Å². The Kier molecular flexibility index (Phi) is 56.8. The van der Waals surface area contributed by atoms with Crippen LogP contribution in [0.4, 0.5) is 0 Å². The molecule has 1 atom stereocenters. The lowest BCUT2D eigenvalue weighted by atomic mass is 10.1. The zero-order valence-electron chi connectivity index (χ0n) is 47.0. The maximum atomic E-state index is 12.9. The summed E-state index contributed by atoms with van der Waals surface area (Å²) in [5, 5.41) is 0. The van der Waals surface area contributed by atoms with Crippen molar-refractivity contribution in [3.05, 3.63) is 72.9 Å². The lowest BCUT2D eigenvalue weighted by Crippen LogP contribution is -2.30. The van der Waals surface area contributed by atoms with Gasteiger partial charge in [0.05, 0.1) is 0 Å². The number of unbranched alkanes of at least 4 members (excludes halogenated alkanes) is 32. The molecule has 6 heteroatoms. The van der Waals surface area contributed by atoms with E-state index in [1.54, 1.807) is 0 Å². The molecular weight excluding hydrogens is 877 g/mol. The van der Waals surface area contributed by atoms with Crippen molar-refractivity contribution in [1.29, 1.82) is 0 Å². The molecule has 0 amide bonds. The summed E-state index contributed by atoms with van der Waals surface area (Å²) >= 11 is 0. The van der Waals surface area contributed by atoms with Gasteiger partial charge in [0.15, 0.2) is 6.10 Å². The van der Waals surface area contributed by atoms with E-state index in [0.717, 1.165) is 96.3 Å². The first-order valence-electron chi connectivity index (χ1n) is 30.4. The molecule has 0 aliphatic rings. The average molecular weight is 992 g/mol. The van der Waals surface area contributed by atoms with Crippen LogP contribution in [0.25, 0.3) is 0 Å². The number of hydrogen-bond acceptors (Lipinski definition) is 6. The Labute approximate surface area is 440 Å². The molecule has 0 N–H and O–H groups in total. The van der Waals surface area contributed by atoms with E-state index < -0.39 is 6.10 Å². The van der Waals surface area contributed by atoms with Crippen molar-refractivity contribution in [3.63, 3.8) is 0 Å². The molecule has 0 aromatic rings. The van der Waals surface area contributed by atoms with Gasteiger partial charge in [-0.3, -0.25) is 14.4 Å². The van der Waals surface area contributed by atoms with Crippen molar-refractivity contribution in [2.45, 2.75) is 309 Å². The molecule has 0 heterocycles. The second-order valence-corrected chi connectivity index (χ2v) is 20.2. The minimum atomic E-state index is -0.788. The minimum Gasteiger partial charge on any atom is -0.462 e. The van der Waals surface area contributed by atoms with Crippen LogP contribution in [0.15, 0.2) is 72.9 Å². The predicted molar refractivity (Wildman–Crippen MR) is 307 cm³/mol. The van der Waals surface area contributed by atoms with Gasteiger partial charge in [0.25, 0.3) is 0 Å². The largest absolute Gasteiger partial charge is 0.462 e. The Morgan fingerprint density at radius 2 is 0.507 bits per heavy atom. The summed E-state index contributed by atoms with van der Waals surface area (Å²) in [4.78, 5) is 38.3. The van der Waals surface area contributed by atoms with Crippen LogP contribution in [0.5, 0.6) is 0 Å². The lowest BCUT2D eigenvalue weighted by Gasteiger charge is -2.18. The molecular formula is C65H114O6. The normalized spacial score (nSPS) is 12.5. The van der Waals surface area contributed by atoms with Gasteiger partial charge in [-0.05, 0) is 116 Å². The van der Waals surface area contributed by atoms with E-state index in [0.29, 0.717) is 19.3 Å². The topological polar surface area (TPSA) is 78.9 Å². The number of hydrogen-bond donors (Lipinski definition) is 0. The molecule has 0 saturated carbocycles.